The number of rotatable bonds is 4. The number of nitrogens with one attached hydrogen (secondary N) is 3. The first-order valence-electron chi connectivity index (χ1n) is 12.6. The number of fused-ring (bicyclic) bond motifs is 2. The van der Waals surface area contributed by atoms with Gasteiger partial charge in [0.1, 0.15) is 11.5 Å². The highest BCUT2D eigenvalue weighted by molar-refractivity contribution is 5.91. The summed E-state index contributed by atoms with van der Waals surface area (Å²) in [6.07, 6.45) is 8.02. The summed E-state index contributed by atoms with van der Waals surface area (Å²) in [4.78, 5) is 30.4. The molecule has 0 radical (unpaired) electrons. The largest absolute Gasteiger partial charge is 0.365 e. The number of H-pyrrole nitrogens is 1. The highest BCUT2D eigenvalue weighted by Crippen LogP contribution is 2.28. The molecule has 0 bridgehead atoms. The number of nitrogens with zero attached hydrogens (tertiary/aromatic N) is 4. The smallest absolute Gasteiger partial charge is 0.317 e. The van der Waals surface area contributed by atoms with Crippen molar-refractivity contribution in [1.29, 1.82) is 0 Å². The van der Waals surface area contributed by atoms with Gasteiger partial charge in [0, 0.05) is 42.3 Å². The SMILES string of the molecule is O=C(N[C@H]1CCC[C@@H](Nc2nc(-c3c[nH]c4ncc(F)cc34)ncc2F)C1)N1CCc2ccccc2C1. The van der Waals surface area contributed by atoms with E-state index in [0.717, 1.165) is 38.1 Å². The van der Waals surface area contributed by atoms with Crippen molar-refractivity contribution in [2.75, 3.05) is 11.9 Å². The lowest BCUT2D eigenvalue weighted by atomic mass is 9.91. The minimum Gasteiger partial charge on any atom is -0.365 e. The first-order chi connectivity index (χ1) is 18.0. The maximum absolute atomic E-state index is 14.7. The first kappa shape index (κ1) is 23.3. The van der Waals surface area contributed by atoms with E-state index in [0.29, 0.717) is 36.1 Å². The van der Waals surface area contributed by atoms with Crippen LogP contribution in [-0.2, 0) is 13.0 Å². The predicted octanol–water partition coefficient (Wildman–Crippen LogP) is 4.79. The lowest BCUT2D eigenvalue weighted by Crippen LogP contribution is -2.49. The second-order valence-electron chi connectivity index (χ2n) is 9.74. The number of carbonyl (C=O) groups excluding carboxylic acids is 1. The maximum Gasteiger partial charge on any atom is 0.317 e. The fourth-order valence-electron chi connectivity index (χ4n) is 5.34. The Bertz CT molecular complexity index is 1460. The number of aromatic nitrogens is 4. The highest BCUT2D eigenvalue weighted by atomic mass is 19.1. The lowest BCUT2D eigenvalue weighted by molar-refractivity contribution is 0.184. The molecule has 37 heavy (non-hydrogen) atoms. The number of amides is 2. The van der Waals surface area contributed by atoms with E-state index in [1.807, 2.05) is 17.0 Å². The van der Waals surface area contributed by atoms with Crippen LogP contribution in [0.5, 0.6) is 0 Å². The van der Waals surface area contributed by atoms with Gasteiger partial charge in [-0.1, -0.05) is 24.3 Å². The van der Waals surface area contributed by atoms with E-state index < -0.39 is 11.6 Å². The molecule has 0 spiro atoms. The predicted molar refractivity (Wildman–Crippen MR) is 136 cm³/mol. The molecular formula is C27H27F2N7O. The highest BCUT2D eigenvalue weighted by Gasteiger charge is 2.27. The molecule has 2 amide bonds. The van der Waals surface area contributed by atoms with Gasteiger partial charge < -0.3 is 20.5 Å². The van der Waals surface area contributed by atoms with Crippen LogP contribution in [0.15, 0.2) is 48.9 Å². The van der Waals surface area contributed by atoms with Crippen LogP contribution >= 0.6 is 0 Å². The van der Waals surface area contributed by atoms with Gasteiger partial charge in [-0.15, -0.1) is 0 Å². The van der Waals surface area contributed by atoms with Gasteiger partial charge in [-0.25, -0.2) is 28.5 Å². The molecule has 0 unspecified atom stereocenters. The fourth-order valence-corrected chi connectivity index (χ4v) is 5.34. The first-order valence-corrected chi connectivity index (χ1v) is 12.6. The zero-order valence-corrected chi connectivity index (χ0v) is 20.2. The summed E-state index contributed by atoms with van der Waals surface area (Å²) >= 11 is 0. The number of pyridine rings is 1. The summed E-state index contributed by atoms with van der Waals surface area (Å²) in [7, 11) is 0. The van der Waals surface area contributed by atoms with Crippen LogP contribution in [0.3, 0.4) is 0 Å². The Labute approximate surface area is 212 Å². The molecule has 10 heteroatoms. The van der Waals surface area contributed by atoms with Crippen molar-refractivity contribution in [1.82, 2.24) is 30.2 Å². The van der Waals surface area contributed by atoms with E-state index in [1.54, 1.807) is 6.20 Å². The summed E-state index contributed by atoms with van der Waals surface area (Å²) in [6, 6.07) is 9.45. The van der Waals surface area contributed by atoms with E-state index in [2.05, 4.69) is 42.7 Å². The summed E-state index contributed by atoms with van der Waals surface area (Å²) in [5.41, 5.74) is 3.54. The molecule has 3 aromatic heterocycles. The molecule has 8 nitrogen and oxygen atoms in total. The molecule has 1 aliphatic heterocycles. The Morgan fingerprint density at radius 1 is 1.08 bits per heavy atom. The zero-order valence-electron chi connectivity index (χ0n) is 20.2. The van der Waals surface area contributed by atoms with Crippen molar-refractivity contribution in [3.63, 3.8) is 0 Å². The average molecular weight is 504 g/mol. The van der Waals surface area contributed by atoms with Gasteiger partial charge in [-0.2, -0.15) is 0 Å². The number of aromatic amines is 1. The van der Waals surface area contributed by atoms with Crippen LogP contribution in [0.1, 0.15) is 36.8 Å². The van der Waals surface area contributed by atoms with E-state index in [9.17, 15) is 13.6 Å². The molecule has 2 atom stereocenters. The van der Waals surface area contributed by atoms with E-state index >= 15 is 0 Å². The van der Waals surface area contributed by atoms with Crippen LogP contribution in [0.2, 0.25) is 0 Å². The number of halogens is 2. The minimum absolute atomic E-state index is 0.0112. The Kier molecular flexibility index (Phi) is 6.15. The fraction of sp³-hybridized carbons (Fsp3) is 0.333. The zero-order chi connectivity index (χ0) is 25.4. The van der Waals surface area contributed by atoms with Crippen LogP contribution in [0.25, 0.3) is 22.4 Å². The number of hydrogen-bond donors (Lipinski definition) is 3. The van der Waals surface area contributed by atoms with Gasteiger partial charge in [0.25, 0.3) is 0 Å². The molecule has 1 saturated carbocycles. The van der Waals surface area contributed by atoms with E-state index in [4.69, 9.17) is 0 Å². The van der Waals surface area contributed by atoms with Crippen LogP contribution < -0.4 is 10.6 Å². The summed E-state index contributed by atoms with van der Waals surface area (Å²) in [5, 5.41) is 6.92. The van der Waals surface area contributed by atoms with Crippen LogP contribution in [0.4, 0.5) is 19.4 Å². The molecule has 1 aliphatic carbocycles. The molecular weight excluding hydrogens is 476 g/mol. The summed E-state index contributed by atoms with van der Waals surface area (Å²) in [5.74, 6) is -0.675. The van der Waals surface area contributed by atoms with Gasteiger partial charge in [0.15, 0.2) is 17.5 Å². The Morgan fingerprint density at radius 3 is 2.81 bits per heavy atom. The summed E-state index contributed by atoms with van der Waals surface area (Å²) in [6.45, 7) is 1.30. The third kappa shape index (κ3) is 4.83. The number of carbonyl (C=O) groups is 1. The molecule has 2 aliphatic rings. The molecule has 1 aromatic carbocycles. The topological polar surface area (TPSA) is 98.8 Å². The van der Waals surface area contributed by atoms with Crippen molar-refractivity contribution in [2.24, 2.45) is 0 Å². The van der Waals surface area contributed by atoms with Crippen molar-refractivity contribution < 1.29 is 13.6 Å². The standard InChI is InChI=1S/C27H27F2N7O/c28-18-10-21-22(13-31-24(21)30-12-18)25-32-14-23(29)26(35-25)33-19-6-3-7-20(11-19)34-27(37)36-9-8-16-4-1-2-5-17(16)15-36/h1-2,4-5,10,12-14,19-20H,3,6-9,11,15H2,(H,30,31)(H,34,37)(H,32,33,35)/t19-,20+/m1/s1. The van der Waals surface area contributed by atoms with E-state index in [-0.39, 0.29) is 29.8 Å². The van der Waals surface area contributed by atoms with Gasteiger partial charge in [0.2, 0.25) is 0 Å². The average Bonchev–Trinajstić information content (AvgIpc) is 3.33. The lowest BCUT2D eigenvalue weighted by Gasteiger charge is -2.34. The second-order valence-corrected chi connectivity index (χ2v) is 9.74. The molecule has 0 saturated heterocycles. The molecule has 190 valence electrons. The second kappa shape index (κ2) is 9.76. The third-order valence-corrected chi connectivity index (χ3v) is 7.24. The van der Waals surface area contributed by atoms with Gasteiger partial charge >= 0.3 is 6.03 Å². The molecule has 4 heterocycles. The molecule has 1 fully saturated rings. The van der Waals surface area contributed by atoms with Crippen molar-refractivity contribution in [2.45, 2.75) is 50.7 Å². The Morgan fingerprint density at radius 2 is 1.92 bits per heavy atom. The van der Waals surface area contributed by atoms with Gasteiger partial charge in [-0.05, 0) is 49.3 Å². The van der Waals surface area contributed by atoms with Crippen LogP contribution in [0, 0.1) is 11.6 Å². The minimum atomic E-state index is -0.564. The number of benzene rings is 1. The Hall–Kier alpha value is -4.08. The number of urea groups is 1. The normalized spacial score (nSPS) is 19.5. The monoisotopic (exact) mass is 503 g/mol. The Balaban J connectivity index is 1.12. The van der Waals surface area contributed by atoms with Crippen molar-refractivity contribution in [3.05, 3.63) is 71.7 Å². The quantitative estimate of drug-likeness (QED) is 0.372. The number of hydrogen-bond acceptors (Lipinski definition) is 5. The third-order valence-electron chi connectivity index (χ3n) is 7.24. The van der Waals surface area contributed by atoms with E-state index in [1.165, 1.54) is 17.2 Å². The van der Waals surface area contributed by atoms with Crippen molar-refractivity contribution >= 4 is 22.9 Å². The maximum atomic E-state index is 14.7. The van der Waals surface area contributed by atoms with Gasteiger partial charge in [-0.3, -0.25) is 0 Å². The number of anilines is 1. The molecule has 3 N–H and O–H groups in total. The van der Waals surface area contributed by atoms with Crippen LogP contribution in [-0.4, -0.2) is 49.5 Å². The molecule has 6 rings (SSSR count). The van der Waals surface area contributed by atoms with Crippen molar-refractivity contribution in [3.8, 4) is 11.4 Å². The molecule has 4 aromatic rings. The summed E-state index contributed by atoms with van der Waals surface area (Å²) < 4.78 is 28.4. The van der Waals surface area contributed by atoms with Gasteiger partial charge in [0.05, 0.1) is 12.4 Å².